The van der Waals surface area contributed by atoms with Gasteiger partial charge in [0.15, 0.2) is 0 Å². The number of hydrogen-bond acceptors (Lipinski definition) is 4. The van der Waals surface area contributed by atoms with Crippen LogP contribution in [-0.2, 0) is 0 Å². The van der Waals surface area contributed by atoms with Crippen molar-refractivity contribution in [3.8, 4) is 17.3 Å². The minimum absolute atomic E-state index is 0.131. The summed E-state index contributed by atoms with van der Waals surface area (Å²) < 4.78 is 1.93. The Morgan fingerprint density at radius 2 is 1.88 bits per heavy atom. The minimum Gasteiger partial charge on any atom is -0.322 e. The van der Waals surface area contributed by atoms with Gasteiger partial charge in [0.05, 0.1) is 11.0 Å². The Labute approximate surface area is 141 Å². The second-order valence-corrected chi connectivity index (χ2v) is 5.66. The average Bonchev–Trinajstić information content (AvgIpc) is 3.28. The molecule has 0 saturated carbocycles. The third kappa shape index (κ3) is 2.06. The number of nitrogens with one attached hydrogen (secondary N) is 2. The molecule has 0 unspecified atom stereocenters. The number of rotatable bonds is 2. The molecule has 0 bridgehead atoms. The van der Waals surface area contributed by atoms with E-state index >= 15 is 0 Å². The highest BCUT2D eigenvalue weighted by Crippen LogP contribution is 2.31. The van der Waals surface area contributed by atoms with E-state index in [4.69, 9.17) is 4.98 Å². The molecule has 0 amide bonds. The summed E-state index contributed by atoms with van der Waals surface area (Å²) in [4.78, 5) is 23.6. The summed E-state index contributed by atoms with van der Waals surface area (Å²) in [5, 5.41) is 7.78. The molecule has 0 radical (unpaired) electrons. The molecule has 2 aromatic carbocycles. The van der Waals surface area contributed by atoms with Gasteiger partial charge in [0.1, 0.15) is 12.2 Å². The lowest BCUT2D eigenvalue weighted by atomic mass is 10.1. The molecule has 0 aliphatic carbocycles. The van der Waals surface area contributed by atoms with Crippen LogP contribution >= 0.6 is 0 Å². The van der Waals surface area contributed by atoms with E-state index < -0.39 is 0 Å². The van der Waals surface area contributed by atoms with Crippen molar-refractivity contribution < 1.29 is 0 Å². The van der Waals surface area contributed by atoms with Crippen LogP contribution in [0.5, 0.6) is 0 Å². The van der Waals surface area contributed by atoms with E-state index in [0.29, 0.717) is 5.95 Å². The molecule has 0 spiro atoms. The van der Waals surface area contributed by atoms with Crippen molar-refractivity contribution in [2.24, 2.45) is 0 Å². The number of nitrogens with zero attached hydrogens (tertiary/aromatic N) is 4. The number of benzene rings is 2. The molecule has 2 N–H and O–H groups in total. The van der Waals surface area contributed by atoms with Gasteiger partial charge in [0.2, 0.25) is 11.5 Å². The summed E-state index contributed by atoms with van der Waals surface area (Å²) in [6, 6.07) is 16.9. The normalized spacial score (nSPS) is 11.4. The monoisotopic (exact) mass is 328 g/mol. The summed E-state index contributed by atoms with van der Waals surface area (Å²) in [7, 11) is 0. The number of hydrogen-bond donors (Lipinski definition) is 2. The highest BCUT2D eigenvalue weighted by atomic mass is 16.1. The number of aromatic nitrogens is 6. The molecule has 3 aromatic heterocycles. The van der Waals surface area contributed by atoms with Crippen LogP contribution in [-0.4, -0.2) is 29.7 Å². The van der Waals surface area contributed by atoms with E-state index in [0.717, 1.165) is 33.3 Å². The first-order valence-corrected chi connectivity index (χ1v) is 7.77. The Bertz CT molecular complexity index is 1270. The summed E-state index contributed by atoms with van der Waals surface area (Å²) in [6.07, 6.45) is 1.47. The molecule has 0 aliphatic heterocycles. The van der Waals surface area contributed by atoms with Crippen LogP contribution < -0.4 is 5.56 Å². The van der Waals surface area contributed by atoms with E-state index in [1.165, 1.54) is 12.4 Å². The number of aromatic amines is 2. The van der Waals surface area contributed by atoms with Crippen LogP contribution in [0.3, 0.4) is 0 Å². The lowest BCUT2D eigenvalue weighted by Crippen LogP contribution is -2.04. The summed E-state index contributed by atoms with van der Waals surface area (Å²) >= 11 is 0. The zero-order valence-electron chi connectivity index (χ0n) is 13.0. The quantitative estimate of drug-likeness (QED) is 0.521. The number of H-pyrrole nitrogens is 2. The van der Waals surface area contributed by atoms with Gasteiger partial charge in [-0.2, -0.15) is 10.1 Å². The molecular formula is C18H12N6O. The topological polar surface area (TPSA) is 92.2 Å². The smallest absolute Gasteiger partial charge is 0.248 e. The van der Waals surface area contributed by atoms with Crippen molar-refractivity contribution in [3.63, 3.8) is 0 Å². The third-order valence-electron chi connectivity index (χ3n) is 4.18. The van der Waals surface area contributed by atoms with Crippen LogP contribution in [0.15, 0.2) is 65.7 Å². The molecule has 5 aromatic rings. The molecule has 7 nitrogen and oxygen atoms in total. The lowest BCUT2D eigenvalue weighted by Gasteiger charge is -2.08. The molecule has 0 fully saturated rings. The van der Waals surface area contributed by atoms with Crippen LogP contribution in [0.25, 0.3) is 39.3 Å². The van der Waals surface area contributed by atoms with Crippen molar-refractivity contribution in [3.05, 3.63) is 71.3 Å². The minimum atomic E-state index is -0.131. The van der Waals surface area contributed by atoms with E-state index in [-0.39, 0.29) is 5.56 Å². The SMILES string of the molecule is O=c1ccc2c(-c3nc4ccccc4n3-c3ncn[nH]3)cccc2[nH]1. The number of fused-ring (bicyclic) bond motifs is 2. The molecular weight excluding hydrogens is 316 g/mol. The van der Waals surface area contributed by atoms with Gasteiger partial charge < -0.3 is 4.98 Å². The van der Waals surface area contributed by atoms with Gasteiger partial charge in [-0.25, -0.2) is 10.1 Å². The molecule has 7 heteroatoms. The Balaban J connectivity index is 1.91. The maximum atomic E-state index is 11.6. The Morgan fingerprint density at radius 1 is 0.960 bits per heavy atom. The van der Waals surface area contributed by atoms with E-state index in [1.807, 2.05) is 53.1 Å². The first-order valence-electron chi connectivity index (χ1n) is 7.77. The fraction of sp³-hybridized carbons (Fsp3) is 0. The molecule has 0 atom stereocenters. The van der Waals surface area contributed by atoms with Gasteiger partial charge in [0.25, 0.3) is 0 Å². The van der Waals surface area contributed by atoms with Gasteiger partial charge in [0, 0.05) is 22.5 Å². The molecule has 0 aliphatic rings. The molecule has 5 rings (SSSR count). The predicted octanol–water partition coefficient (Wildman–Crippen LogP) is 2.65. The summed E-state index contributed by atoms with van der Waals surface area (Å²) in [6.45, 7) is 0. The van der Waals surface area contributed by atoms with Crippen molar-refractivity contribution in [2.45, 2.75) is 0 Å². The zero-order chi connectivity index (χ0) is 16.8. The first kappa shape index (κ1) is 13.7. The van der Waals surface area contributed by atoms with Gasteiger partial charge in [-0.05, 0) is 24.3 Å². The average molecular weight is 328 g/mol. The van der Waals surface area contributed by atoms with Crippen molar-refractivity contribution in [2.75, 3.05) is 0 Å². The highest BCUT2D eigenvalue weighted by Gasteiger charge is 2.17. The van der Waals surface area contributed by atoms with Crippen LogP contribution in [0.1, 0.15) is 0 Å². The van der Waals surface area contributed by atoms with Gasteiger partial charge in [-0.15, -0.1) is 0 Å². The zero-order valence-corrected chi connectivity index (χ0v) is 13.0. The van der Waals surface area contributed by atoms with Gasteiger partial charge in [-0.3, -0.25) is 9.36 Å². The molecule has 3 heterocycles. The van der Waals surface area contributed by atoms with Gasteiger partial charge in [-0.1, -0.05) is 24.3 Å². The van der Waals surface area contributed by atoms with Gasteiger partial charge >= 0.3 is 0 Å². The van der Waals surface area contributed by atoms with Crippen LogP contribution in [0.4, 0.5) is 0 Å². The first-order chi connectivity index (χ1) is 12.3. The standard InChI is InChI=1S/C18H12N6O/c25-16-9-8-11-12(4-3-6-13(11)21-16)17-22-14-5-1-2-7-15(14)24(17)18-19-10-20-23-18/h1-10H,(H,21,25)(H,19,20,23). The number of pyridine rings is 1. The second-order valence-electron chi connectivity index (χ2n) is 5.66. The van der Waals surface area contributed by atoms with Crippen LogP contribution in [0.2, 0.25) is 0 Å². The molecule has 0 saturated heterocycles. The Kier molecular flexibility index (Phi) is 2.81. The Hall–Kier alpha value is -3.74. The van der Waals surface area contributed by atoms with Crippen molar-refractivity contribution in [1.29, 1.82) is 0 Å². The summed E-state index contributed by atoms with van der Waals surface area (Å²) in [5.74, 6) is 1.32. The highest BCUT2D eigenvalue weighted by molar-refractivity contribution is 5.95. The number of imidazole rings is 1. The third-order valence-corrected chi connectivity index (χ3v) is 4.18. The van der Waals surface area contributed by atoms with Crippen LogP contribution in [0, 0.1) is 0 Å². The van der Waals surface area contributed by atoms with E-state index in [1.54, 1.807) is 0 Å². The molecule has 25 heavy (non-hydrogen) atoms. The van der Waals surface area contributed by atoms with Crippen molar-refractivity contribution >= 4 is 21.9 Å². The maximum absolute atomic E-state index is 11.6. The largest absolute Gasteiger partial charge is 0.322 e. The maximum Gasteiger partial charge on any atom is 0.248 e. The lowest BCUT2D eigenvalue weighted by molar-refractivity contribution is 0.961. The Morgan fingerprint density at radius 3 is 2.76 bits per heavy atom. The fourth-order valence-corrected chi connectivity index (χ4v) is 3.11. The van der Waals surface area contributed by atoms with E-state index in [9.17, 15) is 4.79 Å². The number of para-hydroxylation sites is 2. The summed E-state index contributed by atoms with van der Waals surface area (Å²) in [5.41, 5.74) is 3.32. The fourth-order valence-electron chi connectivity index (χ4n) is 3.11. The van der Waals surface area contributed by atoms with E-state index in [2.05, 4.69) is 20.2 Å². The molecule has 120 valence electrons. The van der Waals surface area contributed by atoms with Crippen molar-refractivity contribution in [1.82, 2.24) is 29.7 Å². The predicted molar refractivity (Wildman–Crippen MR) is 94.6 cm³/mol. The second kappa shape index (κ2) is 5.13.